The van der Waals surface area contributed by atoms with Crippen LogP contribution in [0.1, 0.15) is 39.5 Å². The molecule has 1 heterocycles. The number of rotatable bonds is 5. The summed E-state index contributed by atoms with van der Waals surface area (Å²) in [6, 6.07) is 0.309. The lowest BCUT2D eigenvalue weighted by Crippen LogP contribution is -2.55. The molecule has 20 heavy (non-hydrogen) atoms. The van der Waals surface area contributed by atoms with Crippen molar-refractivity contribution in [2.24, 2.45) is 0 Å². The van der Waals surface area contributed by atoms with Crippen LogP contribution in [0.3, 0.4) is 0 Å². The average Bonchev–Trinajstić information content (AvgIpc) is 2.36. The van der Waals surface area contributed by atoms with E-state index in [0.717, 1.165) is 25.9 Å². The molecule has 1 rings (SSSR count). The molecule has 0 aromatic heterocycles. The highest BCUT2D eigenvalue weighted by molar-refractivity contribution is 5.75. The monoisotopic (exact) mass is 285 g/mol. The zero-order valence-corrected chi connectivity index (χ0v) is 13.0. The van der Waals surface area contributed by atoms with Crippen LogP contribution in [-0.4, -0.2) is 65.7 Å². The van der Waals surface area contributed by atoms with E-state index < -0.39 is 11.5 Å². The van der Waals surface area contributed by atoms with Gasteiger partial charge in [-0.25, -0.2) is 4.79 Å². The predicted octanol–water partition coefficient (Wildman–Crippen LogP) is 1.37. The summed E-state index contributed by atoms with van der Waals surface area (Å²) < 4.78 is 0. The number of likely N-dealkylation sites (N-methyl/N-ethyl adjacent to an activating group) is 1. The SMILES string of the molecule is CN(C)C1CCCN(C(=O)NC(C)(C)CCC(=O)O)C1. The Kier molecular flexibility index (Phi) is 5.80. The molecule has 1 unspecified atom stereocenters. The lowest BCUT2D eigenvalue weighted by atomic mass is 9.98. The minimum absolute atomic E-state index is 0.0631. The Hall–Kier alpha value is -1.30. The minimum atomic E-state index is -0.835. The molecule has 6 nitrogen and oxygen atoms in total. The molecule has 0 aromatic rings. The van der Waals surface area contributed by atoms with E-state index in [1.165, 1.54) is 0 Å². The number of carbonyl (C=O) groups excluding carboxylic acids is 1. The molecule has 1 atom stereocenters. The Morgan fingerprint density at radius 1 is 1.40 bits per heavy atom. The smallest absolute Gasteiger partial charge is 0.317 e. The quantitative estimate of drug-likeness (QED) is 0.800. The second kappa shape index (κ2) is 6.92. The Bertz CT molecular complexity index is 356. The van der Waals surface area contributed by atoms with E-state index in [-0.39, 0.29) is 12.5 Å². The van der Waals surface area contributed by atoms with Gasteiger partial charge in [0.25, 0.3) is 0 Å². The normalized spacial score (nSPS) is 20.1. The van der Waals surface area contributed by atoms with Crippen LogP contribution in [-0.2, 0) is 4.79 Å². The first kappa shape index (κ1) is 16.8. The van der Waals surface area contributed by atoms with Crippen LogP contribution in [0.2, 0.25) is 0 Å². The average molecular weight is 285 g/mol. The number of hydrogen-bond donors (Lipinski definition) is 2. The zero-order chi connectivity index (χ0) is 15.3. The fourth-order valence-corrected chi connectivity index (χ4v) is 2.41. The minimum Gasteiger partial charge on any atom is -0.481 e. The molecule has 2 amide bonds. The number of amides is 2. The van der Waals surface area contributed by atoms with Gasteiger partial charge in [-0.2, -0.15) is 0 Å². The summed E-state index contributed by atoms with van der Waals surface area (Å²) in [5.41, 5.74) is -0.499. The van der Waals surface area contributed by atoms with Crippen LogP contribution in [0.5, 0.6) is 0 Å². The molecule has 0 aliphatic carbocycles. The third-order valence-electron chi connectivity index (χ3n) is 3.82. The molecule has 116 valence electrons. The van der Waals surface area contributed by atoms with Crippen molar-refractivity contribution >= 4 is 12.0 Å². The van der Waals surface area contributed by atoms with Gasteiger partial charge in [0.05, 0.1) is 0 Å². The van der Waals surface area contributed by atoms with Gasteiger partial charge in [0, 0.05) is 31.1 Å². The molecule has 0 bridgehead atoms. The number of nitrogens with one attached hydrogen (secondary N) is 1. The van der Waals surface area contributed by atoms with Gasteiger partial charge in [0.1, 0.15) is 0 Å². The molecule has 1 aliphatic rings. The fraction of sp³-hybridized carbons (Fsp3) is 0.857. The van der Waals surface area contributed by atoms with Gasteiger partial charge >= 0.3 is 12.0 Å². The maximum Gasteiger partial charge on any atom is 0.317 e. The predicted molar refractivity (Wildman–Crippen MR) is 77.8 cm³/mol. The largest absolute Gasteiger partial charge is 0.481 e. The number of likely N-dealkylation sites (tertiary alicyclic amines) is 1. The van der Waals surface area contributed by atoms with Crippen molar-refractivity contribution in [2.45, 2.75) is 51.1 Å². The molecule has 0 radical (unpaired) electrons. The number of piperidine rings is 1. The topological polar surface area (TPSA) is 72.9 Å². The number of aliphatic carboxylic acids is 1. The van der Waals surface area contributed by atoms with E-state index in [4.69, 9.17) is 5.11 Å². The molecule has 2 N–H and O–H groups in total. The molecule has 1 saturated heterocycles. The molecule has 0 aromatic carbocycles. The fourth-order valence-electron chi connectivity index (χ4n) is 2.41. The number of carboxylic acid groups (broad SMARTS) is 1. The Morgan fingerprint density at radius 2 is 2.05 bits per heavy atom. The van der Waals surface area contributed by atoms with Crippen molar-refractivity contribution < 1.29 is 14.7 Å². The molecular weight excluding hydrogens is 258 g/mol. The summed E-state index contributed by atoms with van der Waals surface area (Å²) in [5.74, 6) is -0.835. The van der Waals surface area contributed by atoms with Crippen molar-refractivity contribution in [1.29, 1.82) is 0 Å². The van der Waals surface area contributed by atoms with Gasteiger partial charge in [-0.3, -0.25) is 4.79 Å². The van der Waals surface area contributed by atoms with Crippen LogP contribution < -0.4 is 5.32 Å². The highest BCUT2D eigenvalue weighted by atomic mass is 16.4. The van der Waals surface area contributed by atoms with E-state index >= 15 is 0 Å². The van der Waals surface area contributed by atoms with Crippen LogP contribution in [0.4, 0.5) is 4.79 Å². The summed E-state index contributed by atoms with van der Waals surface area (Å²) in [4.78, 5) is 26.9. The lowest BCUT2D eigenvalue weighted by molar-refractivity contribution is -0.137. The summed E-state index contributed by atoms with van der Waals surface area (Å²) >= 11 is 0. The lowest BCUT2D eigenvalue weighted by Gasteiger charge is -2.38. The van der Waals surface area contributed by atoms with Crippen molar-refractivity contribution in [1.82, 2.24) is 15.1 Å². The highest BCUT2D eigenvalue weighted by Gasteiger charge is 2.28. The van der Waals surface area contributed by atoms with Gasteiger partial charge in [0.2, 0.25) is 0 Å². The Labute approximate surface area is 121 Å². The number of carbonyl (C=O) groups is 2. The van der Waals surface area contributed by atoms with Gasteiger partial charge in [-0.15, -0.1) is 0 Å². The van der Waals surface area contributed by atoms with Crippen LogP contribution in [0.25, 0.3) is 0 Å². The number of nitrogens with zero attached hydrogens (tertiary/aromatic N) is 2. The molecule has 0 spiro atoms. The molecule has 1 fully saturated rings. The first-order valence-corrected chi connectivity index (χ1v) is 7.16. The summed E-state index contributed by atoms with van der Waals surface area (Å²) in [7, 11) is 4.06. The summed E-state index contributed by atoms with van der Waals surface area (Å²) in [6.45, 7) is 5.22. The van der Waals surface area contributed by atoms with Gasteiger partial charge < -0.3 is 20.2 Å². The number of hydrogen-bond acceptors (Lipinski definition) is 3. The third kappa shape index (κ3) is 5.36. The third-order valence-corrected chi connectivity index (χ3v) is 3.82. The van der Waals surface area contributed by atoms with E-state index in [1.54, 1.807) is 0 Å². The van der Waals surface area contributed by atoms with Gasteiger partial charge in [0.15, 0.2) is 0 Å². The van der Waals surface area contributed by atoms with Crippen molar-refractivity contribution in [3.05, 3.63) is 0 Å². The van der Waals surface area contributed by atoms with Crippen molar-refractivity contribution in [3.63, 3.8) is 0 Å². The first-order chi connectivity index (χ1) is 9.21. The van der Waals surface area contributed by atoms with Crippen molar-refractivity contribution in [3.8, 4) is 0 Å². The highest BCUT2D eigenvalue weighted by Crippen LogP contribution is 2.16. The van der Waals surface area contributed by atoms with Gasteiger partial charge in [-0.1, -0.05) is 0 Å². The summed E-state index contributed by atoms with van der Waals surface area (Å²) in [6.07, 6.45) is 2.61. The van der Waals surface area contributed by atoms with E-state index in [0.29, 0.717) is 12.5 Å². The van der Waals surface area contributed by atoms with Crippen LogP contribution in [0, 0.1) is 0 Å². The van der Waals surface area contributed by atoms with E-state index in [2.05, 4.69) is 10.2 Å². The van der Waals surface area contributed by atoms with Crippen molar-refractivity contribution in [2.75, 3.05) is 27.2 Å². The standard InChI is InChI=1S/C14H27N3O3/c1-14(2,8-7-12(18)19)15-13(20)17-9-5-6-11(10-17)16(3)4/h11H,5-10H2,1-4H3,(H,15,20)(H,18,19). The Balaban J connectivity index is 2.50. The summed E-state index contributed by atoms with van der Waals surface area (Å²) in [5, 5.41) is 11.7. The van der Waals surface area contributed by atoms with Crippen LogP contribution >= 0.6 is 0 Å². The number of carboxylic acids is 1. The second-order valence-corrected chi connectivity index (χ2v) is 6.41. The number of urea groups is 1. The van der Waals surface area contributed by atoms with E-state index in [1.807, 2.05) is 32.8 Å². The van der Waals surface area contributed by atoms with E-state index in [9.17, 15) is 9.59 Å². The maximum atomic E-state index is 12.3. The Morgan fingerprint density at radius 3 is 2.60 bits per heavy atom. The molecule has 6 heteroatoms. The molecule has 1 aliphatic heterocycles. The maximum absolute atomic E-state index is 12.3. The molecule has 0 saturated carbocycles. The second-order valence-electron chi connectivity index (χ2n) is 6.41. The first-order valence-electron chi connectivity index (χ1n) is 7.16. The van der Waals surface area contributed by atoms with Gasteiger partial charge in [-0.05, 0) is 47.2 Å². The molecular formula is C14H27N3O3. The zero-order valence-electron chi connectivity index (χ0n) is 13.0. The van der Waals surface area contributed by atoms with Crippen LogP contribution in [0.15, 0.2) is 0 Å².